The number of aliphatic hydroxyl groups excluding tert-OH is 1. The molecule has 0 fully saturated rings. The normalized spacial score (nSPS) is 12.4. The van der Waals surface area contributed by atoms with Gasteiger partial charge in [-0.3, -0.25) is 9.59 Å². The number of rotatable bonds is 35. The summed E-state index contributed by atoms with van der Waals surface area (Å²) in [5, 5.41) is 20.5. The Morgan fingerprint density at radius 3 is 0.844 bits per heavy atom. The van der Waals surface area contributed by atoms with Gasteiger partial charge in [-0.15, -0.1) is 0 Å². The van der Waals surface area contributed by atoms with E-state index in [0.29, 0.717) is 12.8 Å². The standard InChI is InChI=1S/C39H76O6/c1-4-6-8-10-12-14-16-18-20-22-24-26-28-30-32-34-37(41)44-39(43,36(3)40)45-38(42)35-33-31-29-27-25-23-21-19-17-15-13-11-9-7-5-2/h36,40,43H,4-35H2,1-3H3. The summed E-state index contributed by atoms with van der Waals surface area (Å²) in [6, 6.07) is 0. The Bertz CT molecular complexity index is 601. The Balaban J connectivity index is 3.76. The second-order valence-electron chi connectivity index (χ2n) is 13.7. The van der Waals surface area contributed by atoms with Crippen LogP contribution in [0.4, 0.5) is 0 Å². The van der Waals surface area contributed by atoms with Crippen molar-refractivity contribution in [3.63, 3.8) is 0 Å². The number of ether oxygens (including phenoxy) is 2. The fraction of sp³-hybridized carbons (Fsp3) is 0.949. The molecule has 6 nitrogen and oxygen atoms in total. The molecule has 0 spiro atoms. The molecule has 0 radical (unpaired) electrons. The molecule has 0 heterocycles. The van der Waals surface area contributed by atoms with Crippen LogP contribution in [0.25, 0.3) is 0 Å². The zero-order valence-electron chi connectivity index (χ0n) is 30.2. The maximum atomic E-state index is 12.3. The molecule has 45 heavy (non-hydrogen) atoms. The van der Waals surface area contributed by atoms with Crippen molar-refractivity contribution in [2.45, 2.75) is 238 Å². The van der Waals surface area contributed by atoms with E-state index in [1.807, 2.05) is 0 Å². The van der Waals surface area contributed by atoms with Crippen LogP contribution in [0.5, 0.6) is 0 Å². The molecule has 0 aromatic heterocycles. The van der Waals surface area contributed by atoms with E-state index in [0.717, 1.165) is 25.7 Å². The van der Waals surface area contributed by atoms with Crippen molar-refractivity contribution in [2.24, 2.45) is 0 Å². The average Bonchev–Trinajstić information content (AvgIpc) is 3.00. The quantitative estimate of drug-likeness (QED) is 0.0407. The van der Waals surface area contributed by atoms with Gasteiger partial charge in [0.15, 0.2) is 6.10 Å². The molecular weight excluding hydrogens is 564 g/mol. The van der Waals surface area contributed by atoms with E-state index in [2.05, 4.69) is 13.8 Å². The van der Waals surface area contributed by atoms with Crippen LogP contribution in [0.3, 0.4) is 0 Å². The SMILES string of the molecule is CCCCCCCCCCCCCCCCCC(=O)OC(O)(OC(=O)CCCCCCCCCCCCCCCCC)C(C)O. The van der Waals surface area contributed by atoms with E-state index in [9.17, 15) is 19.8 Å². The first kappa shape index (κ1) is 43.9. The molecular formula is C39H76O6. The number of unbranched alkanes of at least 4 members (excludes halogenated alkanes) is 28. The summed E-state index contributed by atoms with van der Waals surface area (Å²) >= 11 is 0. The van der Waals surface area contributed by atoms with Gasteiger partial charge in [-0.1, -0.05) is 194 Å². The predicted octanol–water partition coefficient (Wildman–Crippen LogP) is 11.6. The Morgan fingerprint density at radius 2 is 0.644 bits per heavy atom. The fourth-order valence-corrected chi connectivity index (χ4v) is 5.90. The molecule has 0 amide bonds. The summed E-state index contributed by atoms with van der Waals surface area (Å²) in [4.78, 5) is 24.6. The zero-order valence-corrected chi connectivity index (χ0v) is 30.2. The van der Waals surface area contributed by atoms with Crippen molar-refractivity contribution in [2.75, 3.05) is 0 Å². The highest BCUT2D eigenvalue weighted by atomic mass is 16.8. The molecule has 1 atom stereocenters. The van der Waals surface area contributed by atoms with E-state index >= 15 is 0 Å². The number of carbonyl (C=O) groups is 2. The van der Waals surface area contributed by atoms with Crippen LogP contribution in [0.1, 0.15) is 226 Å². The third-order valence-electron chi connectivity index (χ3n) is 9.02. The summed E-state index contributed by atoms with van der Waals surface area (Å²) in [6.07, 6.45) is 35.9. The molecule has 0 aromatic carbocycles. The summed E-state index contributed by atoms with van der Waals surface area (Å²) in [5.41, 5.74) is 0. The third-order valence-corrected chi connectivity index (χ3v) is 9.02. The highest BCUT2D eigenvalue weighted by Crippen LogP contribution is 2.20. The topological polar surface area (TPSA) is 93.1 Å². The first-order valence-corrected chi connectivity index (χ1v) is 19.7. The fourth-order valence-electron chi connectivity index (χ4n) is 5.90. The lowest BCUT2D eigenvalue weighted by Crippen LogP contribution is -2.48. The van der Waals surface area contributed by atoms with Gasteiger partial charge < -0.3 is 19.7 Å². The van der Waals surface area contributed by atoms with Crippen LogP contribution < -0.4 is 0 Å². The molecule has 6 heteroatoms. The summed E-state index contributed by atoms with van der Waals surface area (Å²) < 4.78 is 10.1. The van der Waals surface area contributed by atoms with Gasteiger partial charge >= 0.3 is 17.9 Å². The minimum atomic E-state index is -2.63. The van der Waals surface area contributed by atoms with Gasteiger partial charge in [-0.25, -0.2) is 0 Å². The van der Waals surface area contributed by atoms with E-state index in [1.54, 1.807) is 0 Å². The Kier molecular flexibility index (Phi) is 32.0. The maximum Gasteiger partial charge on any atom is 0.400 e. The van der Waals surface area contributed by atoms with Gasteiger partial charge in [0.05, 0.1) is 0 Å². The average molecular weight is 641 g/mol. The molecule has 0 aliphatic carbocycles. The van der Waals surface area contributed by atoms with Crippen molar-refractivity contribution < 1.29 is 29.3 Å². The van der Waals surface area contributed by atoms with E-state index < -0.39 is 24.0 Å². The van der Waals surface area contributed by atoms with Gasteiger partial charge in [0, 0.05) is 12.8 Å². The second-order valence-corrected chi connectivity index (χ2v) is 13.7. The second kappa shape index (κ2) is 32.8. The Hall–Kier alpha value is -1.14. The van der Waals surface area contributed by atoms with Crippen LogP contribution in [0.15, 0.2) is 0 Å². The van der Waals surface area contributed by atoms with Crippen LogP contribution in [-0.2, 0) is 19.1 Å². The smallest absolute Gasteiger partial charge is 0.396 e. The molecule has 2 N–H and O–H groups in total. The number of carbonyl (C=O) groups excluding carboxylic acids is 2. The molecule has 0 rings (SSSR count). The highest BCUT2D eigenvalue weighted by molar-refractivity contribution is 5.71. The lowest BCUT2D eigenvalue weighted by atomic mass is 10.0. The number of hydrogen-bond donors (Lipinski definition) is 2. The highest BCUT2D eigenvalue weighted by Gasteiger charge is 2.42. The minimum Gasteiger partial charge on any atom is -0.396 e. The summed E-state index contributed by atoms with van der Waals surface area (Å²) in [5.74, 6) is -3.94. The molecule has 268 valence electrons. The molecule has 0 saturated heterocycles. The van der Waals surface area contributed by atoms with Crippen LogP contribution in [-0.4, -0.2) is 34.2 Å². The monoisotopic (exact) mass is 641 g/mol. The minimum absolute atomic E-state index is 0.129. The number of esters is 2. The molecule has 0 aliphatic rings. The lowest BCUT2D eigenvalue weighted by Gasteiger charge is -2.29. The maximum absolute atomic E-state index is 12.3. The van der Waals surface area contributed by atoms with E-state index in [-0.39, 0.29) is 12.8 Å². The molecule has 1 unspecified atom stereocenters. The van der Waals surface area contributed by atoms with Gasteiger partial charge in [0.25, 0.3) is 0 Å². The molecule has 0 aliphatic heterocycles. The van der Waals surface area contributed by atoms with Crippen molar-refractivity contribution in [1.82, 2.24) is 0 Å². The van der Waals surface area contributed by atoms with Gasteiger partial charge in [0.2, 0.25) is 0 Å². The van der Waals surface area contributed by atoms with Crippen molar-refractivity contribution in [1.29, 1.82) is 0 Å². The summed E-state index contributed by atoms with van der Waals surface area (Å²) in [6.45, 7) is 5.77. The van der Waals surface area contributed by atoms with Crippen molar-refractivity contribution in [3.8, 4) is 0 Å². The van der Waals surface area contributed by atoms with Crippen molar-refractivity contribution >= 4 is 11.9 Å². The van der Waals surface area contributed by atoms with Gasteiger partial charge in [0.1, 0.15) is 0 Å². The largest absolute Gasteiger partial charge is 0.400 e. The predicted molar refractivity (Wildman–Crippen MR) is 188 cm³/mol. The molecule has 0 saturated carbocycles. The lowest BCUT2D eigenvalue weighted by molar-refractivity contribution is -0.358. The third kappa shape index (κ3) is 30.0. The Labute approximate surface area is 279 Å². The first-order chi connectivity index (χ1) is 21.9. The van der Waals surface area contributed by atoms with Crippen LogP contribution in [0, 0.1) is 0 Å². The Morgan fingerprint density at radius 1 is 0.444 bits per heavy atom. The number of hydrogen-bond acceptors (Lipinski definition) is 6. The van der Waals surface area contributed by atoms with Crippen LogP contribution in [0.2, 0.25) is 0 Å². The summed E-state index contributed by atoms with van der Waals surface area (Å²) in [7, 11) is 0. The molecule has 0 bridgehead atoms. The van der Waals surface area contributed by atoms with E-state index in [1.165, 1.54) is 161 Å². The van der Waals surface area contributed by atoms with Gasteiger partial charge in [-0.05, 0) is 19.8 Å². The van der Waals surface area contributed by atoms with Crippen LogP contribution >= 0.6 is 0 Å². The van der Waals surface area contributed by atoms with Crippen molar-refractivity contribution in [3.05, 3.63) is 0 Å². The first-order valence-electron chi connectivity index (χ1n) is 19.7. The number of aliphatic hydroxyl groups is 2. The molecule has 0 aromatic rings. The zero-order chi connectivity index (χ0) is 33.3. The van der Waals surface area contributed by atoms with Gasteiger partial charge in [-0.2, -0.15) is 0 Å². The van der Waals surface area contributed by atoms with E-state index in [4.69, 9.17) is 9.47 Å².